The molecule has 7 heteroatoms. The molecule has 4 rings (SSSR count). The third-order valence-electron chi connectivity index (χ3n) is 5.16. The monoisotopic (exact) mass is 407 g/mol. The van der Waals surface area contributed by atoms with Crippen LogP contribution in [0.4, 0.5) is 10.2 Å². The van der Waals surface area contributed by atoms with Gasteiger partial charge >= 0.3 is 0 Å². The lowest BCUT2D eigenvalue weighted by Crippen LogP contribution is -2.33. The fourth-order valence-corrected chi connectivity index (χ4v) is 3.72. The summed E-state index contributed by atoms with van der Waals surface area (Å²) in [6.07, 6.45) is 2.60. The Hall–Kier alpha value is -2.90. The minimum Gasteiger partial charge on any atom is -0.383 e. The first-order valence-electron chi connectivity index (χ1n) is 10.2. The van der Waals surface area contributed by atoms with Crippen molar-refractivity contribution in [2.24, 2.45) is 0 Å². The van der Waals surface area contributed by atoms with Gasteiger partial charge < -0.3 is 10.1 Å². The number of nitrogens with one attached hydrogen (secondary N) is 1. The van der Waals surface area contributed by atoms with E-state index in [1.54, 1.807) is 13.3 Å². The molecule has 1 atom stereocenters. The molecule has 3 aromatic rings. The highest BCUT2D eigenvalue weighted by Crippen LogP contribution is 2.27. The van der Waals surface area contributed by atoms with Crippen molar-refractivity contribution in [3.8, 4) is 11.5 Å². The zero-order chi connectivity index (χ0) is 20.9. The molecule has 2 aromatic heterocycles. The fourth-order valence-electron chi connectivity index (χ4n) is 3.72. The Balaban J connectivity index is 1.62. The summed E-state index contributed by atoms with van der Waals surface area (Å²) in [7, 11) is 1.69. The Labute approximate surface area is 176 Å². The molecule has 1 aromatic carbocycles. The number of pyridine rings is 1. The minimum absolute atomic E-state index is 0.128. The van der Waals surface area contributed by atoms with E-state index in [-0.39, 0.29) is 11.9 Å². The second-order valence-electron chi connectivity index (χ2n) is 7.62. The van der Waals surface area contributed by atoms with E-state index in [1.165, 1.54) is 12.1 Å². The lowest BCUT2D eigenvalue weighted by molar-refractivity contribution is 0.190. The quantitative estimate of drug-likeness (QED) is 0.645. The largest absolute Gasteiger partial charge is 0.383 e. The molecule has 30 heavy (non-hydrogen) atoms. The maximum atomic E-state index is 13.2. The van der Waals surface area contributed by atoms with Gasteiger partial charge in [0.1, 0.15) is 17.3 Å². The van der Waals surface area contributed by atoms with Crippen LogP contribution in [-0.4, -0.2) is 46.2 Å². The van der Waals surface area contributed by atoms with Crippen LogP contribution >= 0.6 is 0 Å². The Bertz CT molecular complexity index is 981. The molecule has 0 fully saturated rings. The summed E-state index contributed by atoms with van der Waals surface area (Å²) in [4.78, 5) is 16.4. The van der Waals surface area contributed by atoms with Crippen LogP contribution in [0.5, 0.6) is 0 Å². The normalized spacial score (nSPS) is 14.9. The Kier molecular flexibility index (Phi) is 6.30. The molecule has 1 aliphatic rings. The molecule has 0 saturated heterocycles. The van der Waals surface area contributed by atoms with Crippen LogP contribution in [0, 0.1) is 5.82 Å². The highest BCUT2D eigenvalue weighted by molar-refractivity contribution is 5.57. The van der Waals surface area contributed by atoms with E-state index in [4.69, 9.17) is 14.7 Å². The summed E-state index contributed by atoms with van der Waals surface area (Å²) in [5.74, 6) is 1.26. The maximum absolute atomic E-state index is 13.2. The highest BCUT2D eigenvalue weighted by atomic mass is 19.1. The maximum Gasteiger partial charge on any atom is 0.180 e. The van der Waals surface area contributed by atoms with E-state index >= 15 is 0 Å². The van der Waals surface area contributed by atoms with Crippen LogP contribution in [0.1, 0.15) is 23.7 Å². The van der Waals surface area contributed by atoms with Crippen LogP contribution in [0.3, 0.4) is 0 Å². The van der Waals surface area contributed by atoms with Crippen LogP contribution < -0.4 is 5.32 Å². The van der Waals surface area contributed by atoms with Crippen LogP contribution in [-0.2, 0) is 24.2 Å². The van der Waals surface area contributed by atoms with Gasteiger partial charge in [-0.2, -0.15) is 0 Å². The van der Waals surface area contributed by atoms with Gasteiger partial charge in [-0.05, 0) is 43.2 Å². The van der Waals surface area contributed by atoms with E-state index < -0.39 is 0 Å². The van der Waals surface area contributed by atoms with Crippen molar-refractivity contribution in [2.45, 2.75) is 32.5 Å². The third kappa shape index (κ3) is 4.80. The van der Waals surface area contributed by atoms with Crippen LogP contribution in [0.15, 0.2) is 48.7 Å². The van der Waals surface area contributed by atoms with Gasteiger partial charge in [0.25, 0.3) is 0 Å². The number of halogens is 1. The van der Waals surface area contributed by atoms with Gasteiger partial charge in [-0.1, -0.05) is 18.2 Å². The first kappa shape index (κ1) is 20.4. The molecule has 1 aliphatic heterocycles. The van der Waals surface area contributed by atoms with Gasteiger partial charge in [0.15, 0.2) is 5.82 Å². The Morgan fingerprint density at radius 3 is 2.73 bits per heavy atom. The lowest BCUT2D eigenvalue weighted by Gasteiger charge is -2.30. The number of rotatable bonds is 7. The smallest absolute Gasteiger partial charge is 0.180 e. The van der Waals surface area contributed by atoms with E-state index in [2.05, 4.69) is 22.1 Å². The summed E-state index contributed by atoms with van der Waals surface area (Å²) < 4.78 is 18.5. The van der Waals surface area contributed by atoms with Gasteiger partial charge in [0.2, 0.25) is 0 Å². The average molecular weight is 407 g/mol. The van der Waals surface area contributed by atoms with E-state index in [9.17, 15) is 4.39 Å². The van der Waals surface area contributed by atoms with Crippen molar-refractivity contribution >= 4 is 5.82 Å². The number of anilines is 1. The third-order valence-corrected chi connectivity index (χ3v) is 5.16. The molecule has 1 N–H and O–H groups in total. The molecule has 0 amide bonds. The van der Waals surface area contributed by atoms with Crippen molar-refractivity contribution in [1.82, 2.24) is 19.9 Å². The number of ether oxygens (including phenoxy) is 1. The highest BCUT2D eigenvalue weighted by Gasteiger charge is 2.24. The van der Waals surface area contributed by atoms with Crippen molar-refractivity contribution in [1.29, 1.82) is 0 Å². The summed E-state index contributed by atoms with van der Waals surface area (Å²) in [6.45, 7) is 5.02. The molecule has 0 spiro atoms. The van der Waals surface area contributed by atoms with Crippen LogP contribution in [0.25, 0.3) is 11.5 Å². The number of benzene rings is 1. The van der Waals surface area contributed by atoms with Crippen molar-refractivity contribution in [2.75, 3.05) is 25.6 Å². The lowest BCUT2D eigenvalue weighted by atomic mass is 10.0. The number of hydrogen-bond acceptors (Lipinski definition) is 6. The minimum atomic E-state index is -0.212. The SMILES string of the molecule is COCC(C)Nc1nc(-c2ccccn2)nc2c1CCN(Cc1ccc(F)cc1)C2. The molecular formula is C23H26FN5O. The zero-order valence-corrected chi connectivity index (χ0v) is 17.3. The van der Waals surface area contributed by atoms with E-state index in [1.807, 2.05) is 30.3 Å². The first-order chi connectivity index (χ1) is 14.6. The van der Waals surface area contributed by atoms with Gasteiger partial charge in [-0.25, -0.2) is 14.4 Å². The van der Waals surface area contributed by atoms with E-state index in [0.29, 0.717) is 19.0 Å². The van der Waals surface area contributed by atoms with Crippen molar-refractivity contribution in [3.63, 3.8) is 0 Å². The van der Waals surface area contributed by atoms with Gasteiger partial charge in [0.05, 0.1) is 12.3 Å². The second-order valence-corrected chi connectivity index (χ2v) is 7.62. The second kappa shape index (κ2) is 9.28. The van der Waals surface area contributed by atoms with E-state index in [0.717, 1.165) is 47.8 Å². The van der Waals surface area contributed by atoms with Gasteiger partial charge in [-0.3, -0.25) is 9.88 Å². The number of aromatic nitrogens is 3. The van der Waals surface area contributed by atoms with Gasteiger partial charge in [-0.15, -0.1) is 0 Å². The molecule has 0 bridgehead atoms. The summed E-state index contributed by atoms with van der Waals surface area (Å²) in [5.41, 5.74) is 3.99. The molecule has 3 heterocycles. The molecular weight excluding hydrogens is 381 g/mol. The topological polar surface area (TPSA) is 63.2 Å². The number of hydrogen-bond donors (Lipinski definition) is 1. The van der Waals surface area contributed by atoms with Crippen molar-refractivity contribution in [3.05, 3.63) is 71.3 Å². The Morgan fingerprint density at radius 1 is 1.17 bits per heavy atom. The molecule has 0 saturated carbocycles. The van der Waals surface area contributed by atoms with Crippen LogP contribution in [0.2, 0.25) is 0 Å². The number of methoxy groups -OCH3 is 1. The predicted molar refractivity (Wildman–Crippen MR) is 114 cm³/mol. The summed E-state index contributed by atoms with van der Waals surface area (Å²) >= 11 is 0. The molecule has 156 valence electrons. The predicted octanol–water partition coefficient (Wildman–Crippen LogP) is 3.68. The standard InChI is InChI=1S/C23H26FN5O/c1-16(15-30-2)26-22-19-10-12-29(13-17-6-8-18(24)9-7-17)14-21(19)27-23(28-22)20-5-3-4-11-25-20/h3-9,11,16H,10,12-15H2,1-2H3,(H,26,27,28). The zero-order valence-electron chi connectivity index (χ0n) is 17.3. The Morgan fingerprint density at radius 2 is 2.00 bits per heavy atom. The number of nitrogens with zero attached hydrogens (tertiary/aromatic N) is 4. The summed E-state index contributed by atoms with van der Waals surface area (Å²) in [5, 5.41) is 3.49. The fraction of sp³-hybridized carbons (Fsp3) is 0.348. The molecule has 0 radical (unpaired) electrons. The first-order valence-corrected chi connectivity index (χ1v) is 10.2. The molecule has 0 aliphatic carbocycles. The molecule has 1 unspecified atom stereocenters. The summed E-state index contributed by atoms with van der Waals surface area (Å²) in [6, 6.07) is 12.6. The van der Waals surface area contributed by atoms with Gasteiger partial charge in [0, 0.05) is 44.5 Å². The molecule has 6 nitrogen and oxygen atoms in total. The van der Waals surface area contributed by atoms with Crippen molar-refractivity contribution < 1.29 is 9.13 Å². The average Bonchev–Trinajstić information content (AvgIpc) is 2.76. The number of fused-ring (bicyclic) bond motifs is 1.